The van der Waals surface area contributed by atoms with Crippen LogP contribution in [0.2, 0.25) is 0 Å². The number of aromatic nitrogens is 2. The summed E-state index contributed by atoms with van der Waals surface area (Å²) >= 11 is 0. The fourth-order valence-corrected chi connectivity index (χ4v) is 6.01. The molecule has 0 bridgehead atoms. The molecule has 1 aliphatic heterocycles. The average Bonchev–Trinajstić information content (AvgIpc) is 3.57. The van der Waals surface area contributed by atoms with Gasteiger partial charge >= 0.3 is 12.6 Å². The standard InChI is InChI=1S/C29H30F3N3O5/c1-37-28(36)18-11-23(30)27(33-12-18)35-13-17-8-9-20(10-19(17)14-35)38-15-22-25(34-40-26(22)16-6-7-16)21-4-2-3-5-24(21)39-29(31)32/h2-5,11-12,16-17,19-20,29H,6-10,13-15H2,1H3/t17-,19+,20+/m0/s1. The molecular weight excluding hydrogens is 527 g/mol. The molecule has 2 aliphatic carbocycles. The van der Waals surface area contributed by atoms with E-state index in [2.05, 4.69) is 14.9 Å². The molecule has 6 rings (SSSR count). The number of pyridine rings is 1. The predicted molar refractivity (Wildman–Crippen MR) is 138 cm³/mol. The van der Waals surface area contributed by atoms with Crippen molar-refractivity contribution in [3.05, 3.63) is 59.2 Å². The van der Waals surface area contributed by atoms with Gasteiger partial charge in [-0.15, -0.1) is 0 Å². The molecule has 11 heteroatoms. The topological polar surface area (TPSA) is 86.9 Å². The van der Waals surface area contributed by atoms with Gasteiger partial charge in [0.2, 0.25) is 0 Å². The van der Waals surface area contributed by atoms with E-state index in [0.717, 1.165) is 43.4 Å². The van der Waals surface area contributed by atoms with E-state index >= 15 is 0 Å². The number of alkyl halides is 2. The van der Waals surface area contributed by atoms with Crippen molar-refractivity contribution in [3.63, 3.8) is 0 Å². The fourth-order valence-electron chi connectivity index (χ4n) is 6.01. The Hall–Kier alpha value is -3.60. The Kier molecular flexibility index (Phi) is 7.39. The van der Waals surface area contributed by atoms with Crippen LogP contribution in [-0.2, 0) is 16.1 Å². The summed E-state index contributed by atoms with van der Waals surface area (Å²) in [5, 5.41) is 4.25. The van der Waals surface area contributed by atoms with Crippen molar-refractivity contribution in [3.8, 4) is 17.0 Å². The number of anilines is 1. The molecule has 1 aromatic carbocycles. The van der Waals surface area contributed by atoms with Gasteiger partial charge < -0.3 is 23.6 Å². The van der Waals surface area contributed by atoms with E-state index in [1.807, 2.05) is 4.90 Å². The van der Waals surface area contributed by atoms with E-state index in [9.17, 15) is 18.0 Å². The first kappa shape index (κ1) is 26.6. The lowest BCUT2D eigenvalue weighted by atomic mass is 9.80. The molecule has 8 nitrogen and oxygen atoms in total. The first-order valence-electron chi connectivity index (χ1n) is 13.5. The number of hydrogen-bond donors (Lipinski definition) is 0. The summed E-state index contributed by atoms with van der Waals surface area (Å²) in [6.07, 6.45) is 5.92. The van der Waals surface area contributed by atoms with Gasteiger partial charge in [0.25, 0.3) is 0 Å². The maximum Gasteiger partial charge on any atom is 0.387 e. The molecule has 212 valence electrons. The van der Waals surface area contributed by atoms with E-state index in [1.54, 1.807) is 18.2 Å². The van der Waals surface area contributed by atoms with Crippen molar-refractivity contribution in [2.24, 2.45) is 11.8 Å². The van der Waals surface area contributed by atoms with Gasteiger partial charge in [0.05, 0.1) is 25.4 Å². The average molecular weight is 558 g/mol. The number of carbonyl (C=O) groups is 1. The predicted octanol–water partition coefficient (Wildman–Crippen LogP) is 5.96. The Morgan fingerprint density at radius 3 is 2.70 bits per heavy atom. The summed E-state index contributed by atoms with van der Waals surface area (Å²) in [7, 11) is 1.25. The molecule has 3 heterocycles. The maximum absolute atomic E-state index is 14.8. The molecule has 0 N–H and O–H groups in total. The molecule has 40 heavy (non-hydrogen) atoms. The quantitative estimate of drug-likeness (QED) is 0.298. The fraction of sp³-hybridized carbons (Fsp3) is 0.483. The van der Waals surface area contributed by atoms with Crippen molar-refractivity contribution in [1.29, 1.82) is 0 Å². The number of para-hydroxylation sites is 1. The molecule has 0 unspecified atom stereocenters. The van der Waals surface area contributed by atoms with Gasteiger partial charge in [0.15, 0.2) is 11.6 Å². The van der Waals surface area contributed by atoms with Gasteiger partial charge in [-0.3, -0.25) is 0 Å². The highest BCUT2D eigenvalue weighted by molar-refractivity contribution is 5.89. The summed E-state index contributed by atoms with van der Waals surface area (Å²) < 4.78 is 62.4. The number of fused-ring (bicyclic) bond motifs is 1. The van der Waals surface area contributed by atoms with Crippen LogP contribution in [0.15, 0.2) is 41.1 Å². The zero-order valence-electron chi connectivity index (χ0n) is 22.0. The molecule has 0 amide bonds. The van der Waals surface area contributed by atoms with Crippen LogP contribution in [0, 0.1) is 17.7 Å². The highest BCUT2D eigenvalue weighted by atomic mass is 19.3. The van der Waals surface area contributed by atoms with Crippen molar-refractivity contribution in [2.75, 3.05) is 25.1 Å². The Labute approximate surface area is 229 Å². The smallest absolute Gasteiger partial charge is 0.387 e. The summed E-state index contributed by atoms with van der Waals surface area (Å²) in [5.74, 6) is 0.832. The van der Waals surface area contributed by atoms with Crippen LogP contribution in [-0.4, -0.2) is 49.0 Å². The number of esters is 1. The Morgan fingerprint density at radius 1 is 1.15 bits per heavy atom. The molecule has 1 saturated heterocycles. The Bertz CT molecular complexity index is 1380. The number of benzene rings is 1. The second-order valence-corrected chi connectivity index (χ2v) is 10.7. The minimum atomic E-state index is -2.95. The van der Waals surface area contributed by atoms with E-state index in [4.69, 9.17) is 14.0 Å². The highest BCUT2D eigenvalue weighted by Crippen LogP contribution is 2.46. The number of nitrogens with zero attached hydrogens (tertiary/aromatic N) is 3. The second kappa shape index (κ2) is 11.1. The van der Waals surface area contributed by atoms with Crippen LogP contribution in [0.1, 0.15) is 59.7 Å². The lowest BCUT2D eigenvalue weighted by Gasteiger charge is -2.30. The van der Waals surface area contributed by atoms with E-state index in [0.29, 0.717) is 36.2 Å². The highest BCUT2D eigenvalue weighted by Gasteiger charge is 2.40. The second-order valence-electron chi connectivity index (χ2n) is 10.7. The first-order chi connectivity index (χ1) is 19.4. The molecule has 2 saturated carbocycles. The monoisotopic (exact) mass is 557 g/mol. The number of ether oxygens (including phenoxy) is 3. The zero-order valence-corrected chi connectivity index (χ0v) is 22.0. The molecule has 3 aliphatic rings. The van der Waals surface area contributed by atoms with Crippen molar-refractivity contribution in [1.82, 2.24) is 10.1 Å². The summed E-state index contributed by atoms with van der Waals surface area (Å²) in [6, 6.07) is 7.74. The number of hydrogen-bond acceptors (Lipinski definition) is 8. The van der Waals surface area contributed by atoms with Gasteiger partial charge in [-0.2, -0.15) is 8.78 Å². The first-order valence-corrected chi connectivity index (χ1v) is 13.5. The SMILES string of the molecule is COC(=O)c1cnc(N2C[C@H]3C[C@H](OCc4c(-c5ccccc5OC(F)F)noc4C4CC4)CC[C@H]3C2)c(F)c1. The molecule has 0 radical (unpaired) electrons. The third-order valence-electron chi connectivity index (χ3n) is 8.13. The van der Waals surface area contributed by atoms with Gasteiger partial charge in [0, 0.05) is 36.3 Å². The summed E-state index contributed by atoms with van der Waals surface area (Å²) in [5.41, 5.74) is 1.77. The summed E-state index contributed by atoms with van der Waals surface area (Å²) in [6.45, 7) is -1.35. The lowest BCUT2D eigenvalue weighted by molar-refractivity contribution is -0.0494. The van der Waals surface area contributed by atoms with Gasteiger partial charge in [-0.1, -0.05) is 17.3 Å². The zero-order chi connectivity index (χ0) is 27.8. The number of carbonyl (C=O) groups excluding carboxylic acids is 1. The minimum absolute atomic E-state index is 0.0110. The summed E-state index contributed by atoms with van der Waals surface area (Å²) in [4.78, 5) is 17.9. The Morgan fingerprint density at radius 2 is 1.95 bits per heavy atom. The van der Waals surface area contributed by atoms with Gasteiger partial charge in [-0.05, 0) is 62.1 Å². The molecule has 3 aromatic rings. The third kappa shape index (κ3) is 5.39. The molecule has 3 atom stereocenters. The van der Waals surface area contributed by atoms with E-state index in [1.165, 1.54) is 25.4 Å². The van der Waals surface area contributed by atoms with Crippen LogP contribution < -0.4 is 9.64 Å². The molecule has 2 aromatic heterocycles. The van der Waals surface area contributed by atoms with Crippen LogP contribution in [0.5, 0.6) is 5.75 Å². The number of methoxy groups -OCH3 is 1. The van der Waals surface area contributed by atoms with Crippen LogP contribution in [0.3, 0.4) is 0 Å². The van der Waals surface area contributed by atoms with E-state index < -0.39 is 18.4 Å². The van der Waals surface area contributed by atoms with Gasteiger partial charge in [-0.25, -0.2) is 14.2 Å². The largest absolute Gasteiger partial charge is 0.465 e. The normalized spacial score (nSPS) is 22.4. The third-order valence-corrected chi connectivity index (χ3v) is 8.13. The minimum Gasteiger partial charge on any atom is -0.465 e. The molecular formula is C29H30F3N3O5. The number of halogens is 3. The number of rotatable bonds is 9. The lowest BCUT2D eigenvalue weighted by Crippen LogP contribution is -2.28. The van der Waals surface area contributed by atoms with Crippen molar-refractivity contribution in [2.45, 2.75) is 57.3 Å². The van der Waals surface area contributed by atoms with Crippen LogP contribution in [0.25, 0.3) is 11.3 Å². The maximum atomic E-state index is 14.8. The molecule has 0 spiro atoms. The van der Waals surface area contributed by atoms with Crippen LogP contribution >= 0.6 is 0 Å². The van der Waals surface area contributed by atoms with Crippen molar-refractivity contribution >= 4 is 11.8 Å². The van der Waals surface area contributed by atoms with E-state index in [-0.39, 0.29) is 35.8 Å². The molecule has 3 fully saturated rings. The van der Waals surface area contributed by atoms with Crippen molar-refractivity contribution < 1.29 is 36.7 Å². The van der Waals surface area contributed by atoms with Gasteiger partial charge in [0.1, 0.15) is 17.2 Å². The van der Waals surface area contributed by atoms with Crippen LogP contribution in [0.4, 0.5) is 19.0 Å². The Balaban J connectivity index is 1.14.